The van der Waals surface area contributed by atoms with Gasteiger partial charge in [0.25, 0.3) is 0 Å². The number of rotatable bonds is 6. The molecule has 6 nitrogen and oxygen atoms in total. The van der Waals surface area contributed by atoms with Crippen LogP contribution in [0.5, 0.6) is 17.2 Å². The first-order valence-electron chi connectivity index (χ1n) is 10.6. The highest BCUT2D eigenvalue weighted by atomic mass is 16.5. The van der Waals surface area contributed by atoms with E-state index in [2.05, 4.69) is 4.90 Å². The van der Waals surface area contributed by atoms with Crippen LogP contribution in [0.2, 0.25) is 0 Å². The van der Waals surface area contributed by atoms with E-state index in [4.69, 9.17) is 14.2 Å². The van der Waals surface area contributed by atoms with Crippen molar-refractivity contribution in [3.63, 3.8) is 0 Å². The highest BCUT2D eigenvalue weighted by molar-refractivity contribution is 5.79. The number of nitrogens with zero attached hydrogens (tertiary/aromatic N) is 1. The molecule has 2 aliphatic heterocycles. The molecule has 6 heteroatoms. The van der Waals surface area contributed by atoms with Crippen molar-refractivity contribution in [2.75, 3.05) is 47.5 Å². The van der Waals surface area contributed by atoms with Crippen LogP contribution in [0.25, 0.3) is 0 Å². The molecule has 1 unspecified atom stereocenters. The van der Waals surface area contributed by atoms with Crippen LogP contribution in [-0.4, -0.2) is 58.3 Å². The number of benzene rings is 1. The summed E-state index contributed by atoms with van der Waals surface area (Å²) in [6, 6.07) is 4.04. The maximum absolute atomic E-state index is 13.0. The molecule has 28 heavy (non-hydrogen) atoms. The lowest BCUT2D eigenvalue weighted by Crippen LogP contribution is -3.12. The number of carbonyl (C=O) groups excluding carboxylic acids is 1. The van der Waals surface area contributed by atoms with Crippen molar-refractivity contribution >= 4 is 5.91 Å². The van der Waals surface area contributed by atoms with Gasteiger partial charge >= 0.3 is 0 Å². The molecule has 2 heterocycles. The third kappa shape index (κ3) is 4.90. The number of ether oxygens (including phenoxy) is 3. The van der Waals surface area contributed by atoms with Crippen LogP contribution in [-0.2, 0) is 11.3 Å². The first-order chi connectivity index (χ1) is 13.7. The van der Waals surface area contributed by atoms with Crippen LogP contribution in [0.15, 0.2) is 12.1 Å². The molecule has 156 valence electrons. The van der Waals surface area contributed by atoms with Crippen molar-refractivity contribution in [1.29, 1.82) is 0 Å². The normalized spacial score (nSPS) is 23.0. The Morgan fingerprint density at radius 3 is 2.21 bits per heavy atom. The molecule has 1 aromatic carbocycles. The van der Waals surface area contributed by atoms with E-state index in [-0.39, 0.29) is 5.92 Å². The number of hydrogen-bond donors (Lipinski definition) is 1. The van der Waals surface area contributed by atoms with Gasteiger partial charge in [-0.15, -0.1) is 0 Å². The van der Waals surface area contributed by atoms with Gasteiger partial charge in [0.15, 0.2) is 11.5 Å². The lowest BCUT2D eigenvalue weighted by Gasteiger charge is -2.32. The first kappa shape index (κ1) is 20.8. The summed E-state index contributed by atoms with van der Waals surface area (Å²) in [6.07, 6.45) is 6.94. The van der Waals surface area contributed by atoms with Crippen LogP contribution in [0.3, 0.4) is 0 Å². The van der Waals surface area contributed by atoms with Crippen molar-refractivity contribution in [2.45, 2.75) is 45.1 Å². The van der Waals surface area contributed by atoms with E-state index >= 15 is 0 Å². The number of hydrogen-bond acceptors (Lipinski definition) is 4. The summed E-state index contributed by atoms with van der Waals surface area (Å²) >= 11 is 0. The second kappa shape index (κ2) is 10.0. The quantitative estimate of drug-likeness (QED) is 0.805. The third-order valence-electron chi connectivity index (χ3n) is 6.06. The zero-order chi connectivity index (χ0) is 19.9. The maximum atomic E-state index is 13.0. The van der Waals surface area contributed by atoms with Crippen LogP contribution in [0.4, 0.5) is 0 Å². The predicted octanol–water partition coefficient (Wildman–Crippen LogP) is 1.91. The Morgan fingerprint density at radius 2 is 1.64 bits per heavy atom. The molecule has 0 bridgehead atoms. The number of quaternary nitrogens is 1. The van der Waals surface area contributed by atoms with E-state index in [9.17, 15) is 4.79 Å². The Morgan fingerprint density at radius 1 is 1.00 bits per heavy atom. The number of nitrogens with one attached hydrogen (secondary N) is 1. The van der Waals surface area contributed by atoms with Crippen LogP contribution >= 0.6 is 0 Å². The second-order valence-electron chi connectivity index (χ2n) is 7.99. The predicted molar refractivity (Wildman–Crippen MR) is 108 cm³/mol. The summed E-state index contributed by atoms with van der Waals surface area (Å²) in [6.45, 7) is 4.75. The molecule has 1 amide bonds. The van der Waals surface area contributed by atoms with Gasteiger partial charge in [-0.25, -0.2) is 0 Å². The summed E-state index contributed by atoms with van der Waals surface area (Å²) in [5.41, 5.74) is 1.15. The molecule has 2 aliphatic rings. The summed E-state index contributed by atoms with van der Waals surface area (Å²) in [4.78, 5) is 16.6. The van der Waals surface area contributed by atoms with Gasteiger partial charge < -0.3 is 24.0 Å². The minimum atomic E-state index is 0.156. The van der Waals surface area contributed by atoms with Gasteiger partial charge in [0, 0.05) is 18.7 Å². The molecule has 0 spiro atoms. The van der Waals surface area contributed by atoms with E-state index in [0.717, 1.165) is 64.0 Å². The molecular weight excluding hydrogens is 356 g/mol. The summed E-state index contributed by atoms with van der Waals surface area (Å²) < 4.78 is 16.4. The van der Waals surface area contributed by atoms with E-state index in [1.54, 1.807) is 21.3 Å². The fourth-order valence-electron chi connectivity index (χ4n) is 4.60. The van der Waals surface area contributed by atoms with Gasteiger partial charge in [-0.05, 0) is 37.8 Å². The van der Waals surface area contributed by atoms with Gasteiger partial charge in [0.2, 0.25) is 11.7 Å². The Kier molecular flexibility index (Phi) is 7.43. The first-order valence-corrected chi connectivity index (χ1v) is 10.6. The average Bonchev–Trinajstić information content (AvgIpc) is 3.02. The molecule has 2 fully saturated rings. The topological polar surface area (TPSA) is 52.4 Å². The van der Waals surface area contributed by atoms with Crippen molar-refractivity contribution < 1.29 is 23.9 Å². The van der Waals surface area contributed by atoms with Crippen LogP contribution in [0, 0.1) is 5.92 Å². The molecular formula is C22H35N2O4+. The number of methoxy groups -OCH3 is 3. The monoisotopic (exact) mass is 391 g/mol. The highest BCUT2D eigenvalue weighted by Crippen LogP contribution is 2.38. The van der Waals surface area contributed by atoms with Gasteiger partial charge in [-0.3, -0.25) is 4.79 Å². The SMILES string of the molecule is COc1cc(C[NH+]2CCC[C@H](C(=O)N3CCCCCC3)C2)cc(OC)c1OC. The number of carbonyl (C=O) groups is 1. The fourth-order valence-corrected chi connectivity index (χ4v) is 4.60. The lowest BCUT2D eigenvalue weighted by molar-refractivity contribution is -0.921. The Balaban J connectivity index is 1.67. The molecule has 0 radical (unpaired) electrons. The van der Waals surface area contributed by atoms with Crippen molar-refractivity contribution in [3.05, 3.63) is 17.7 Å². The van der Waals surface area contributed by atoms with E-state index in [1.165, 1.54) is 17.7 Å². The van der Waals surface area contributed by atoms with Crippen molar-refractivity contribution in [3.8, 4) is 17.2 Å². The number of likely N-dealkylation sites (tertiary alicyclic amines) is 2. The molecule has 1 aromatic rings. The number of amides is 1. The summed E-state index contributed by atoms with van der Waals surface area (Å²) in [5, 5.41) is 0. The summed E-state index contributed by atoms with van der Waals surface area (Å²) in [7, 11) is 4.91. The van der Waals surface area contributed by atoms with E-state index in [1.807, 2.05) is 12.1 Å². The zero-order valence-corrected chi connectivity index (χ0v) is 17.6. The average molecular weight is 392 g/mol. The molecule has 3 rings (SSSR count). The summed E-state index contributed by atoms with van der Waals surface area (Å²) in [5.74, 6) is 2.53. The standard InChI is InChI=1S/C22H34N2O4/c1-26-19-13-17(14-20(27-2)21(19)28-3)15-23-10-8-9-18(16-23)22(25)24-11-6-4-5-7-12-24/h13-14,18H,4-12,15-16H2,1-3H3/p+1/t18-/m0/s1. The zero-order valence-electron chi connectivity index (χ0n) is 17.6. The minimum absolute atomic E-state index is 0.156. The van der Waals surface area contributed by atoms with Gasteiger partial charge in [0.1, 0.15) is 6.54 Å². The molecule has 1 N–H and O–H groups in total. The maximum Gasteiger partial charge on any atom is 0.231 e. The largest absolute Gasteiger partial charge is 0.493 e. The smallest absolute Gasteiger partial charge is 0.231 e. The Hall–Kier alpha value is -1.95. The Bertz CT molecular complexity index is 631. The highest BCUT2D eigenvalue weighted by Gasteiger charge is 2.32. The molecule has 0 saturated carbocycles. The Labute approximate surface area is 168 Å². The molecule has 2 atom stereocenters. The minimum Gasteiger partial charge on any atom is -0.493 e. The lowest BCUT2D eigenvalue weighted by atomic mass is 9.95. The third-order valence-corrected chi connectivity index (χ3v) is 6.06. The number of piperidine rings is 1. The fraction of sp³-hybridized carbons (Fsp3) is 0.682. The van der Waals surface area contributed by atoms with Crippen LogP contribution < -0.4 is 19.1 Å². The molecule has 0 aromatic heterocycles. The second-order valence-corrected chi connectivity index (χ2v) is 7.99. The van der Waals surface area contributed by atoms with Crippen molar-refractivity contribution in [1.82, 2.24) is 4.90 Å². The van der Waals surface area contributed by atoms with Gasteiger partial charge in [0.05, 0.1) is 40.3 Å². The van der Waals surface area contributed by atoms with Gasteiger partial charge in [-0.1, -0.05) is 12.8 Å². The van der Waals surface area contributed by atoms with Crippen molar-refractivity contribution in [2.24, 2.45) is 5.92 Å². The van der Waals surface area contributed by atoms with E-state index < -0.39 is 0 Å². The van der Waals surface area contributed by atoms with Crippen LogP contribution in [0.1, 0.15) is 44.1 Å². The molecule has 0 aliphatic carbocycles. The van der Waals surface area contributed by atoms with Gasteiger partial charge in [-0.2, -0.15) is 0 Å². The molecule has 2 saturated heterocycles. The van der Waals surface area contributed by atoms with E-state index in [0.29, 0.717) is 23.2 Å².